The van der Waals surface area contributed by atoms with Crippen molar-refractivity contribution in [3.63, 3.8) is 0 Å². The number of imidazole rings is 1. The molecule has 1 aromatic carbocycles. The summed E-state index contributed by atoms with van der Waals surface area (Å²) in [7, 11) is 0. The summed E-state index contributed by atoms with van der Waals surface area (Å²) >= 11 is 0. The predicted octanol–water partition coefficient (Wildman–Crippen LogP) is 1.64. The monoisotopic (exact) mass is 256 g/mol. The summed E-state index contributed by atoms with van der Waals surface area (Å²) in [6, 6.07) is 9.71. The van der Waals surface area contributed by atoms with Crippen molar-refractivity contribution in [3.8, 4) is 11.8 Å². The Hall–Kier alpha value is -2.32. The average molecular weight is 256 g/mol. The number of rotatable bonds is 7. The van der Waals surface area contributed by atoms with Crippen molar-refractivity contribution in [2.45, 2.75) is 13.0 Å². The summed E-state index contributed by atoms with van der Waals surface area (Å²) in [5, 5.41) is 11.9. The van der Waals surface area contributed by atoms with E-state index in [1.54, 1.807) is 6.20 Å². The van der Waals surface area contributed by atoms with Gasteiger partial charge in [0.1, 0.15) is 17.6 Å². The molecule has 2 N–H and O–H groups in total. The van der Waals surface area contributed by atoms with Crippen molar-refractivity contribution in [2.24, 2.45) is 0 Å². The first-order valence-corrected chi connectivity index (χ1v) is 6.17. The van der Waals surface area contributed by atoms with Crippen LogP contribution in [0.2, 0.25) is 0 Å². The van der Waals surface area contributed by atoms with Gasteiger partial charge in [-0.15, -0.1) is 0 Å². The molecule has 0 amide bonds. The van der Waals surface area contributed by atoms with E-state index in [0.717, 1.165) is 30.1 Å². The maximum atomic E-state index is 8.54. The van der Waals surface area contributed by atoms with Gasteiger partial charge in [0.25, 0.3) is 0 Å². The highest BCUT2D eigenvalue weighted by Gasteiger charge is 2.02. The van der Waals surface area contributed by atoms with Crippen molar-refractivity contribution >= 4 is 0 Å². The Kier molecular flexibility index (Phi) is 4.96. The number of hydrogen-bond donors (Lipinski definition) is 2. The van der Waals surface area contributed by atoms with Crippen LogP contribution in [-0.2, 0) is 13.0 Å². The maximum Gasteiger partial charge on any atom is 0.174 e. The Bertz CT molecular complexity index is 531. The first-order chi connectivity index (χ1) is 9.40. The molecule has 1 heterocycles. The minimum atomic E-state index is 0.0728. The first kappa shape index (κ1) is 13.1. The topological polar surface area (TPSA) is 73.7 Å². The second-order valence-corrected chi connectivity index (χ2v) is 4.02. The normalized spacial score (nSPS) is 10.1. The van der Waals surface area contributed by atoms with Crippen LogP contribution in [-0.4, -0.2) is 23.1 Å². The van der Waals surface area contributed by atoms with Gasteiger partial charge < -0.3 is 15.0 Å². The van der Waals surface area contributed by atoms with Crippen molar-refractivity contribution < 1.29 is 4.74 Å². The number of aromatic amines is 1. The molecule has 0 saturated carbocycles. The Labute approximate surface area is 112 Å². The van der Waals surface area contributed by atoms with E-state index in [9.17, 15) is 0 Å². The number of nitriles is 1. The highest BCUT2D eigenvalue weighted by molar-refractivity contribution is 5.33. The van der Waals surface area contributed by atoms with Crippen molar-refractivity contribution in [1.29, 1.82) is 5.26 Å². The van der Waals surface area contributed by atoms with E-state index in [-0.39, 0.29) is 6.61 Å². The van der Waals surface area contributed by atoms with E-state index in [2.05, 4.69) is 15.3 Å². The fourth-order valence-corrected chi connectivity index (χ4v) is 1.77. The van der Waals surface area contributed by atoms with E-state index in [1.165, 1.54) is 0 Å². The van der Waals surface area contributed by atoms with Crippen LogP contribution in [0.1, 0.15) is 11.4 Å². The summed E-state index contributed by atoms with van der Waals surface area (Å²) in [5.74, 6) is 1.73. The molecule has 2 aromatic rings. The SMILES string of the molecule is N#CCOc1ccccc1CNCCc1ncc[nH]1. The molecular weight excluding hydrogens is 240 g/mol. The Morgan fingerprint density at radius 1 is 1.37 bits per heavy atom. The lowest BCUT2D eigenvalue weighted by Crippen LogP contribution is -2.17. The highest BCUT2D eigenvalue weighted by Crippen LogP contribution is 2.17. The van der Waals surface area contributed by atoms with E-state index in [1.807, 2.05) is 36.5 Å². The summed E-state index contributed by atoms with van der Waals surface area (Å²) in [6.07, 6.45) is 4.43. The molecule has 0 spiro atoms. The van der Waals surface area contributed by atoms with Crippen LogP contribution in [0.4, 0.5) is 0 Å². The summed E-state index contributed by atoms with van der Waals surface area (Å²) in [5.41, 5.74) is 1.05. The van der Waals surface area contributed by atoms with Gasteiger partial charge in [0.15, 0.2) is 6.61 Å². The van der Waals surface area contributed by atoms with Crippen molar-refractivity contribution in [2.75, 3.05) is 13.2 Å². The molecule has 5 nitrogen and oxygen atoms in total. The van der Waals surface area contributed by atoms with Gasteiger partial charge in [-0.05, 0) is 6.07 Å². The van der Waals surface area contributed by atoms with Gasteiger partial charge in [0.2, 0.25) is 0 Å². The number of ether oxygens (including phenoxy) is 1. The number of aromatic nitrogens is 2. The van der Waals surface area contributed by atoms with Gasteiger partial charge >= 0.3 is 0 Å². The third-order valence-corrected chi connectivity index (χ3v) is 2.67. The van der Waals surface area contributed by atoms with Crippen LogP contribution >= 0.6 is 0 Å². The standard InChI is InChI=1S/C14H16N4O/c15-6-10-19-13-4-2-1-3-12(13)11-16-7-5-14-17-8-9-18-14/h1-4,8-9,16H,5,7,10-11H2,(H,17,18). The molecule has 0 unspecified atom stereocenters. The maximum absolute atomic E-state index is 8.54. The van der Waals surface area contributed by atoms with Gasteiger partial charge in [0, 0.05) is 37.5 Å². The smallest absolute Gasteiger partial charge is 0.174 e. The number of H-pyrrole nitrogens is 1. The molecule has 0 bridgehead atoms. The quantitative estimate of drug-likeness (QED) is 0.739. The molecule has 0 radical (unpaired) electrons. The van der Waals surface area contributed by atoms with Crippen LogP contribution in [0.3, 0.4) is 0 Å². The molecule has 19 heavy (non-hydrogen) atoms. The fraction of sp³-hybridized carbons (Fsp3) is 0.286. The minimum absolute atomic E-state index is 0.0728. The third kappa shape index (κ3) is 4.12. The van der Waals surface area contributed by atoms with Crippen LogP contribution < -0.4 is 10.1 Å². The lowest BCUT2D eigenvalue weighted by atomic mass is 10.2. The number of para-hydroxylation sites is 1. The summed E-state index contributed by atoms with van der Waals surface area (Å²) in [4.78, 5) is 7.23. The zero-order chi connectivity index (χ0) is 13.3. The number of nitrogens with zero attached hydrogens (tertiary/aromatic N) is 2. The van der Waals surface area contributed by atoms with Gasteiger partial charge in [-0.2, -0.15) is 5.26 Å². The second-order valence-electron chi connectivity index (χ2n) is 4.02. The van der Waals surface area contributed by atoms with Gasteiger partial charge in [-0.25, -0.2) is 4.98 Å². The molecule has 0 saturated heterocycles. The number of nitrogens with one attached hydrogen (secondary N) is 2. The van der Waals surface area contributed by atoms with E-state index >= 15 is 0 Å². The molecule has 0 aliphatic rings. The Morgan fingerprint density at radius 3 is 3.05 bits per heavy atom. The first-order valence-electron chi connectivity index (χ1n) is 6.17. The molecule has 0 aliphatic carbocycles. The largest absolute Gasteiger partial charge is 0.478 e. The van der Waals surface area contributed by atoms with E-state index in [0.29, 0.717) is 6.54 Å². The van der Waals surface area contributed by atoms with Crippen molar-refractivity contribution in [3.05, 3.63) is 48.0 Å². The third-order valence-electron chi connectivity index (χ3n) is 2.67. The zero-order valence-corrected chi connectivity index (χ0v) is 10.6. The summed E-state index contributed by atoms with van der Waals surface area (Å²) in [6.45, 7) is 1.62. The Morgan fingerprint density at radius 2 is 2.26 bits per heavy atom. The highest BCUT2D eigenvalue weighted by atomic mass is 16.5. The molecule has 0 fully saturated rings. The molecule has 5 heteroatoms. The lowest BCUT2D eigenvalue weighted by molar-refractivity contribution is 0.362. The van der Waals surface area contributed by atoms with Crippen LogP contribution in [0.25, 0.3) is 0 Å². The zero-order valence-electron chi connectivity index (χ0n) is 10.6. The molecular formula is C14H16N4O. The summed E-state index contributed by atoms with van der Waals surface area (Å²) < 4.78 is 5.37. The number of hydrogen-bond acceptors (Lipinski definition) is 4. The molecule has 1 aromatic heterocycles. The lowest BCUT2D eigenvalue weighted by Gasteiger charge is -2.09. The van der Waals surface area contributed by atoms with Gasteiger partial charge in [-0.1, -0.05) is 18.2 Å². The predicted molar refractivity (Wildman–Crippen MR) is 71.5 cm³/mol. The molecule has 0 atom stereocenters. The number of benzene rings is 1. The van der Waals surface area contributed by atoms with Crippen molar-refractivity contribution in [1.82, 2.24) is 15.3 Å². The second kappa shape index (κ2) is 7.19. The Balaban J connectivity index is 1.80. The van der Waals surface area contributed by atoms with Crippen LogP contribution in [0.15, 0.2) is 36.7 Å². The van der Waals surface area contributed by atoms with Crippen LogP contribution in [0, 0.1) is 11.3 Å². The van der Waals surface area contributed by atoms with E-state index in [4.69, 9.17) is 10.00 Å². The molecule has 98 valence electrons. The van der Waals surface area contributed by atoms with Gasteiger partial charge in [-0.3, -0.25) is 0 Å². The van der Waals surface area contributed by atoms with E-state index < -0.39 is 0 Å². The minimum Gasteiger partial charge on any atom is -0.478 e. The van der Waals surface area contributed by atoms with Gasteiger partial charge in [0.05, 0.1) is 0 Å². The average Bonchev–Trinajstić information content (AvgIpc) is 2.95. The fourth-order valence-electron chi connectivity index (χ4n) is 1.77. The molecule has 2 rings (SSSR count). The molecule has 0 aliphatic heterocycles. The van der Waals surface area contributed by atoms with Crippen LogP contribution in [0.5, 0.6) is 5.75 Å².